The molecule has 0 bridgehead atoms. The van der Waals surface area contributed by atoms with Crippen molar-refractivity contribution in [3.05, 3.63) is 18.7 Å². The average molecular weight is 280 g/mol. The Morgan fingerprint density at radius 2 is 2.20 bits per heavy atom. The highest BCUT2D eigenvalue weighted by Gasteiger charge is 2.24. The van der Waals surface area contributed by atoms with E-state index in [2.05, 4.69) is 15.6 Å². The van der Waals surface area contributed by atoms with Crippen LogP contribution in [0.25, 0.3) is 0 Å². The van der Waals surface area contributed by atoms with E-state index in [1.165, 1.54) is 6.42 Å². The Kier molecular flexibility index (Phi) is 5.86. The van der Waals surface area contributed by atoms with Gasteiger partial charge in [-0.25, -0.2) is 9.78 Å². The summed E-state index contributed by atoms with van der Waals surface area (Å²) in [5.74, 6) is 0.192. The third-order valence-electron chi connectivity index (χ3n) is 3.92. The second-order valence-electron chi connectivity index (χ2n) is 5.39. The third-order valence-corrected chi connectivity index (χ3v) is 3.92. The maximum atomic E-state index is 11.9. The van der Waals surface area contributed by atoms with E-state index in [1.54, 1.807) is 12.5 Å². The number of aromatic nitrogens is 2. The van der Waals surface area contributed by atoms with Crippen LogP contribution < -0.4 is 10.6 Å². The van der Waals surface area contributed by atoms with Crippen molar-refractivity contribution in [3.8, 4) is 0 Å². The number of carbonyl (C=O) groups is 1. The Bertz CT molecular complexity index is 394. The van der Waals surface area contributed by atoms with E-state index in [9.17, 15) is 9.90 Å². The van der Waals surface area contributed by atoms with E-state index in [0.29, 0.717) is 13.1 Å². The Morgan fingerprint density at radius 3 is 2.95 bits per heavy atom. The largest absolute Gasteiger partial charge is 0.396 e. The van der Waals surface area contributed by atoms with E-state index in [0.717, 1.165) is 25.7 Å². The number of carbonyl (C=O) groups excluding carboxylic acids is 1. The van der Waals surface area contributed by atoms with Gasteiger partial charge in [0.25, 0.3) is 0 Å². The zero-order valence-corrected chi connectivity index (χ0v) is 11.8. The van der Waals surface area contributed by atoms with Gasteiger partial charge in [0.05, 0.1) is 6.33 Å². The van der Waals surface area contributed by atoms with Crippen LogP contribution in [0.1, 0.15) is 32.1 Å². The summed E-state index contributed by atoms with van der Waals surface area (Å²) in [4.78, 5) is 15.8. The zero-order valence-electron chi connectivity index (χ0n) is 11.8. The van der Waals surface area contributed by atoms with Crippen molar-refractivity contribution >= 4 is 6.03 Å². The molecule has 1 aliphatic carbocycles. The highest BCUT2D eigenvalue weighted by molar-refractivity contribution is 5.74. The number of aliphatic hydroxyl groups excluding tert-OH is 1. The average Bonchev–Trinajstić information content (AvgIpc) is 2.85. The summed E-state index contributed by atoms with van der Waals surface area (Å²) in [6.07, 6.45) is 10.7. The first-order valence-corrected chi connectivity index (χ1v) is 7.40. The minimum absolute atomic E-state index is 0.0933. The SMILES string of the molecule is O=C(NCCn1ccnc1)N[C@H]1CCCCC[C@@H]1CO. The molecule has 2 amide bonds. The molecule has 0 aliphatic heterocycles. The normalized spacial score (nSPS) is 23.1. The van der Waals surface area contributed by atoms with Gasteiger partial charge in [0.1, 0.15) is 0 Å². The quantitative estimate of drug-likeness (QED) is 0.707. The fourth-order valence-corrected chi connectivity index (χ4v) is 2.73. The van der Waals surface area contributed by atoms with Crippen molar-refractivity contribution in [1.29, 1.82) is 0 Å². The van der Waals surface area contributed by atoms with Crippen molar-refractivity contribution in [2.24, 2.45) is 5.92 Å². The van der Waals surface area contributed by atoms with Gasteiger partial charge in [0, 0.05) is 44.0 Å². The molecule has 3 N–H and O–H groups in total. The van der Waals surface area contributed by atoms with E-state index < -0.39 is 0 Å². The lowest BCUT2D eigenvalue weighted by atomic mass is 9.96. The van der Waals surface area contributed by atoms with E-state index in [-0.39, 0.29) is 24.6 Å². The molecule has 2 atom stereocenters. The number of rotatable bonds is 5. The fraction of sp³-hybridized carbons (Fsp3) is 0.714. The van der Waals surface area contributed by atoms with Crippen molar-refractivity contribution in [1.82, 2.24) is 20.2 Å². The lowest BCUT2D eigenvalue weighted by Crippen LogP contribution is -2.46. The first-order chi connectivity index (χ1) is 9.79. The molecule has 20 heavy (non-hydrogen) atoms. The summed E-state index contributed by atoms with van der Waals surface area (Å²) in [6.45, 7) is 1.43. The van der Waals surface area contributed by atoms with Crippen LogP contribution in [0.4, 0.5) is 4.79 Å². The van der Waals surface area contributed by atoms with Crippen molar-refractivity contribution in [3.63, 3.8) is 0 Å². The predicted octanol–water partition coefficient (Wildman–Crippen LogP) is 1.12. The molecule has 6 nitrogen and oxygen atoms in total. The van der Waals surface area contributed by atoms with E-state index in [1.807, 2.05) is 10.8 Å². The maximum absolute atomic E-state index is 11.9. The van der Waals surface area contributed by atoms with Gasteiger partial charge < -0.3 is 20.3 Å². The molecule has 0 radical (unpaired) electrons. The number of nitrogens with one attached hydrogen (secondary N) is 2. The highest BCUT2D eigenvalue weighted by Crippen LogP contribution is 2.22. The molecule has 1 aliphatic rings. The molecule has 2 rings (SSSR count). The lowest BCUT2D eigenvalue weighted by Gasteiger charge is -2.24. The van der Waals surface area contributed by atoms with Gasteiger partial charge in [-0.2, -0.15) is 0 Å². The monoisotopic (exact) mass is 280 g/mol. The smallest absolute Gasteiger partial charge is 0.315 e. The van der Waals surface area contributed by atoms with E-state index in [4.69, 9.17) is 0 Å². The summed E-state index contributed by atoms with van der Waals surface area (Å²) in [5, 5.41) is 15.3. The minimum atomic E-state index is -0.143. The summed E-state index contributed by atoms with van der Waals surface area (Å²) < 4.78 is 1.92. The Balaban J connectivity index is 1.71. The minimum Gasteiger partial charge on any atom is -0.396 e. The number of hydrogen-bond acceptors (Lipinski definition) is 3. The van der Waals surface area contributed by atoms with Crippen LogP contribution in [0.5, 0.6) is 0 Å². The molecular formula is C14H24N4O2. The molecule has 1 heterocycles. The summed E-state index contributed by atoms with van der Waals surface area (Å²) in [5.41, 5.74) is 0. The molecule has 1 saturated carbocycles. The molecule has 6 heteroatoms. The van der Waals surface area contributed by atoms with Gasteiger partial charge in [0.2, 0.25) is 0 Å². The zero-order chi connectivity index (χ0) is 14.2. The summed E-state index contributed by atoms with van der Waals surface area (Å²) >= 11 is 0. The summed E-state index contributed by atoms with van der Waals surface area (Å²) in [7, 11) is 0. The summed E-state index contributed by atoms with van der Waals surface area (Å²) in [6, 6.07) is -0.0498. The first-order valence-electron chi connectivity index (χ1n) is 7.40. The van der Waals surface area contributed by atoms with Crippen LogP contribution in [0.3, 0.4) is 0 Å². The van der Waals surface area contributed by atoms with Crippen LogP contribution in [-0.2, 0) is 6.54 Å². The van der Waals surface area contributed by atoms with Gasteiger partial charge in [-0.15, -0.1) is 0 Å². The molecule has 1 fully saturated rings. The van der Waals surface area contributed by atoms with Crippen LogP contribution in [0.2, 0.25) is 0 Å². The van der Waals surface area contributed by atoms with Crippen molar-refractivity contribution < 1.29 is 9.90 Å². The Labute approximate surface area is 119 Å². The number of hydrogen-bond donors (Lipinski definition) is 3. The number of aliphatic hydroxyl groups is 1. The highest BCUT2D eigenvalue weighted by atomic mass is 16.3. The molecule has 0 unspecified atom stereocenters. The van der Waals surface area contributed by atoms with Crippen LogP contribution in [0, 0.1) is 5.92 Å². The molecule has 0 aromatic carbocycles. The first kappa shape index (κ1) is 14.8. The molecule has 1 aromatic rings. The number of urea groups is 1. The van der Waals surface area contributed by atoms with Crippen LogP contribution in [-0.4, -0.2) is 39.9 Å². The van der Waals surface area contributed by atoms with Gasteiger partial charge in [0.15, 0.2) is 0 Å². The second-order valence-corrected chi connectivity index (χ2v) is 5.39. The number of amides is 2. The standard InChI is InChI=1S/C14H24N4O2/c19-10-12-4-2-1-3-5-13(12)17-14(20)16-7-9-18-8-6-15-11-18/h6,8,11-13,19H,1-5,7,9-10H2,(H2,16,17,20)/t12-,13+/m1/s1. The molecule has 112 valence electrons. The Morgan fingerprint density at radius 1 is 1.35 bits per heavy atom. The molecule has 0 spiro atoms. The van der Waals surface area contributed by atoms with Crippen molar-refractivity contribution in [2.45, 2.75) is 44.7 Å². The maximum Gasteiger partial charge on any atom is 0.315 e. The third kappa shape index (κ3) is 4.52. The topological polar surface area (TPSA) is 79.2 Å². The van der Waals surface area contributed by atoms with Gasteiger partial charge in [-0.3, -0.25) is 0 Å². The number of imidazole rings is 1. The lowest BCUT2D eigenvalue weighted by molar-refractivity contribution is 0.179. The fourth-order valence-electron chi connectivity index (χ4n) is 2.73. The van der Waals surface area contributed by atoms with Crippen molar-refractivity contribution in [2.75, 3.05) is 13.2 Å². The van der Waals surface area contributed by atoms with Crippen LogP contribution >= 0.6 is 0 Å². The molecule has 1 aromatic heterocycles. The Hall–Kier alpha value is -1.56. The predicted molar refractivity (Wildman–Crippen MR) is 76.2 cm³/mol. The van der Waals surface area contributed by atoms with Gasteiger partial charge >= 0.3 is 6.03 Å². The van der Waals surface area contributed by atoms with Gasteiger partial charge in [-0.05, 0) is 12.8 Å². The van der Waals surface area contributed by atoms with Gasteiger partial charge in [-0.1, -0.05) is 19.3 Å². The van der Waals surface area contributed by atoms with E-state index >= 15 is 0 Å². The second kappa shape index (κ2) is 7.89. The molecule has 0 saturated heterocycles. The number of nitrogens with zero attached hydrogens (tertiary/aromatic N) is 2. The van der Waals surface area contributed by atoms with Crippen LogP contribution in [0.15, 0.2) is 18.7 Å². The molecular weight excluding hydrogens is 256 g/mol.